The lowest BCUT2D eigenvalue weighted by molar-refractivity contribution is -0.145. The minimum absolute atomic E-state index is 0.00294. The maximum Gasteiger partial charge on any atom is 0.246 e. The van der Waals surface area contributed by atoms with E-state index < -0.39 is 0 Å². The van der Waals surface area contributed by atoms with Gasteiger partial charge in [-0.15, -0.1) is 0 Å². The zero-order valence-electron chi connectivity index (χ0n) is 12.5. The highest BCUT2D eigenvalue weighted by Crippen LogP contribution is 2.21. The van der Waals surface area contributed by atoms with Crippen molar-refractivity contribution >= 4 is 11.8 Å². The molecule has 1 atom stereocenters. The molecule has 5 nitrogen and oxygen atoms in total. The summed E-state index contributed by atoms with van der Waals surface area (Å²) < 4.78 is 0. The number of hydrogen-bond donors (Lipinski definition) is 1. The Bertz CT molecular complexity index is 404. The summed E-state index contributed by atoms with van der Waals surface area (Å²) in [5.41, 5.74) is 1.25. The number of piperazine rings is 1. The van der Waals surface area contributed by atoms with Gasteiger partial charge in [0.2, 0.25) is 11.8 Å². The molecular weight excluding hydrogens is 254 g/mol. The molecule has 1 N–H and O–H groups in total. The van der Waals surface area contributed by atoms with Gasteiger partial charge in [-0.2, -0.15) is 0 Å². The van der Waals surface area contributed by atoms with E-state index in [0.29, 0.717) is 19.5 Å². The summed E-state index contributed by atoms with van der Waals surface area (Å²) in [7, 11) is 3.48. The smallest absolute Gasteiger partial charge is 0.246 e. The lowest BCUT2D eigenvalue weighted by atomic mass is 9.96. The Hall–Kier alpha value is -1.36. The standard InChI is InChI=1S/C15H25N3O2/c1-17(2)15(20)13-11-16-8-9-18(13)14(19)10-12-6-4-3-5-7-12/h6,13,16H,3-5,7-11H2,1-2H3. The van der Waals surface area contributed by atoms with Crippen molar-refractivity contribution in [1.29, 1.82) is 0 Å². The van der Waals surface area contributed by atoms with E-state index in [0.717, 1.165) is 19.4 Å². The number of likely N-dealkylation sites (N-methyl/N-ethyl adjacent to an activating group) is 1. The second-order valence-corrected chi connectivity index (χ2v) is 5.82. The van der Waals surface area contributed by atoms with Crippen molar-refractivity contribution in [3.8, 4) is 0 Å². The fourth-order valence-corrected chi connectivity index (χ4v) is 2.88. The minimum Gasteiger partial charge on any atom is -0.347 e. The van der Waals surface area contributed by atoms with Gasteiger partial charge in [-0.3, -0.25) is 9.59 Å². The summed E-state index contributed by atoms with van der Waals surface area (Å²) >= 11 is 0. The van der Waals surface area contributed by atoms with Crippen LogP contribution < -0.4 is 5.32 Å². The zero-order chi connectivity index (χ0) is 14.5. The van der Waals surface area contributed by atoms with Crippen LogP contribution in [0.25, 0.3) is 0 Å². The van der Waals surface area contributed by atoms with E-state index >= 15 is 0 Å². The zero-order valence-corrected chi connectivity index (χ0v) is 12.5. The fraction of sp³-hybridized carbons (Fsp3) is 0.733. The molecule has 20 heavy (non-hydrogen) atoms. The summed E-state index contributed by atoms with van der Waals surface area (Å²) in [5.74, 6) is 0.100. The molecule has 0 saturated carbocycles. The Labute approximate surface area is 121 Å². The summed E-state index contributed by atoms with van der Waals surface area (Å²) in [6.07, 6.45) is 7.21. The molecule has 1 aliphatic heterocycles. The van der Waals surface area contributed by atoms with E-state index in [9.17, 15) is 9.59 Å². The van der Waals surface area contributed by atoms with E-state index in [1.54, 1.807) is 23.9 Å². The lowest BCUT2D eigenvalue weighted by Crippen LogP contribution is -2.59. The number of amides is 2. The average Bonchev–Trinajstić information content (AvgIpc) is 2.47. The van der Waals surface area contributed by atoms with E-state index in [1.165, 1.54) is 18.4 Å². The van der Waals surface area contributed by atoms with Crippen LogP contribution in [0.3, 0.4) is 0 Å². The second-order valence-electron chi connectivity index (χ2n) is 5.82. The van der Waals surface area contributed by atoms with E-state index in [-0.39, 0.29) is 17.9 Å². The van der Waals surface area contributed by atoms with Gasteiger partial charge in [-0.1, -0.05) is 11.6 Å². The first-order valence-corrected chi connectivity index (χ1v) is 7.49. The minimum atomic E-state index is -0.351. The van der Waals surface area contributed by atoms with Gasteiger partial charge in [-0.25, -0.2) is 0 Å². The highest BCUT2D eigenvalue weighted by Gasteiger charge is 2.32. The third-order valence-electron chi connectivity index (χ3n) is 4.05. The largest absolute Gasteiger partial charge is 0.347 e. The van der Waals surface area contributed by atoms with Crippen LogP contribution in [0.4, 0.5) is 0 Å². The van der Waals surface area contributed by atoms with Crippen LogP contribution in [0.1, 0.15) is 32.1 Å². The van der Waals surface area contributed by atoms with Gasteiger partial charge >= 0.3 is 0 Å². The van der Waals surface area contributed by atoms with Crippen molar-refractivity contribution in [2.24, 2.45) is 0 Å². The SMILES string of the molecule is CN(C)C(=O)C1CNCCN1C(=O)CC1=CCCCC1. The number of nitrogens with one attached hydrogen (secondary N) is 1. The Morgan fingerprint density at radius 2 is 2.20 bits per heavy atom. The molecule has 0 aromatic heterocycles. The number of allylic oxidation sites excluding steroid dienone is 1. The topological polar surface area (TPSA) is 52.7 Å². The molecule has 0 bridgehead atoms. The normalized spacial score (nSPS) is 23.2. The van der Waals surface area contributed by atoms with Crippen molar-refractivity contribution in [2.75, 3.05) is 33.7 Å². The third kappa shape index (κ3) is 3.60. The van der Waals surface area contributed by atoms with Crippen LogP contribution in [-0.2, 0) is 9.59 Å². The molecule has 0 spiro atoms. The molecule has 112 valence electrons. The predicted molar refractivity (Wildman–Crippen MR) is 78.2 cm³/mol. The van der Waals surface area contributed by atoms with Crippen molar-refractivity contribution < 1.29 is 9.59 Å². The lowest BCUT2D eigenvalue weighted by Gasteiger charge is -2.36. The van der Waals surface area contributed by atoms with Crippen LogP contribution in [0, 0.1) is 0 Å². The van der Waals surface area contributed by atoms with Gasteiger partial charge in [0.1, 0.15) is 6.04 Å². The van der Waals surface area contributed by atoms with Gasteiger partial charge in [0.25, 0.3) is 0 Å². The van der Waals surface area contributed by atoms with Crippen molar-refractivity contribution in [1.82, 2.24) is 15.1 Å². The van der Waals surface area contributed by atoms with Crippen LogP contribution >= 0.6 is 0 Å². The summed E-state index contributed by atoms with van der Waals surface area (Å²) in [6, 6.07) is -0.351. The first-order chi connectivity index (χ1) is 9.59. The number of nitrogens with zero attached hydrogens (tertiary/aromatic N) is 2. The van der Waals surface area contributed by atoms with Crippen molar-refractivity contribution in [3.63, 3.8) is 0 Å². The highest BCUT2D eigenvalue weighted by atomic mass is 16.2. The Kier molecular flexibility index (Phi) is 5.17. The van der Waals surface area contributed by atoms with Gasteiger partial charge in [-0.05, 0) is 25.7 Å². The van der Waals surface area contributed by atoms with E-state index in [1.807, 2.05) is 0 Å². The molecule has 1 saturated heterocycles. The molecule has 0 aromatic carbocycles. The summed E-state index contributed by atoms with van der Waals surface area (Å²) in [5, 5.41) is 3.20. The molecule has 1 heterocycles. The van der Waals surface area contributed by atoms with Crippen LogP contribution in [0.15, 0.2) is 11.6 Å². The maximum absolute atomic E-state index is 12.5. The average molecular weight is 279 g/mol. The molecule has 0 aromatic rings. The molecule has 0 radical (unpaired) electrons. The summed E-state index contributed by atoms with van der Waals surface area (Å²) in [4.78, 5) is 28.0. The van der Waals surface area contributed by atoms with Crippen LogP contribution in [0.2, 0.25) is 0 Å². The molecule has 2 amide bonds. The Balaban J connectivity index is 2.01. The quantitative estimate of drug-likeness (QED) is 0.776. The van der Waals surface area contributed by atoms with Gasteiger partial charge in [0.15, 0.2) is 0 Å². The first-order valence-electron chi connectivity index (χ1n) is 7.49. The monoisotopic (exact) mass is 279 g/mol. The second kappa shape index (κ2) is 6.88. The molecule has 1 fully saturated rings. The molecule has 2 aliphatic rings. The van der Waals surface area contributed by atoms with Gasteiger partial charge < -0.3 is 15.1 Å². The van der Waals surface area contributed by atoms with Gasteiger partial charge in [0.05, 0.1) is 0 Å². The van der Waals surface area contributed by atoms with Crippen LogP contribution in [0.5, 0.6) is 0 Å². The van der Waals surface area contributed by atoms with Crippen molar-refractivity contribution in [3.05, 3.63) is 11.6 Å². The van der Waals surface area contributed by atoms with Crippen LogP contribution in [-0.4, -0.2) is 61.4 Å². The number of hydrogen-bond acceptors (Lipinski definition) is 3. The Morgan fingerprint density at radius 3 is 2.85 bits per heavy atom. The molecule has 2 rings (SSSR count). The molecular formula is C15H25N3O2. The van der Waals surface area contributed by atoms with Crippen molar-refractivity contribution in [2.45, 2.75) is 38.1 Å². The third-order valence-corrected chi connectivity index (χ3v) is 4.05. The van der Waals surface area contributed by atoms with E-state index in [2.05, 4.69) is 11.4 Å². The summed E-state index contributed by atoms with van der Waals surface area (Å²) in [6.45, 7) is 1.94. The molecule has 5 heteroatoms. The number of rotatable bonds is 3. The Morgan fingerprint density at radius 1 is 1.40 bits per heavy atom. The predicted octanol–water partition coefficient (Wildman–Crippen LogP) is 0.766. The fourth-order valence-electron chi connectivity index (χ4n) is 2.88. The highest BCUT2D eigenvalue weighted by molar-refractivity contribution is 5.88. The van der Waals surface area contributed by atoms with Gasteiger partial charge in [0, 0.05) is 40.2 Å². The first kappa shape index (κ1) is 15.0. The molecule has 1 unspecified atom stereocenters. The number of carbonyl (C=O) groups excluding carboxylic acids is 2. The van der Waals surface area contributed by atoms with E-state index in [4.69, 9.17) is 0 Å². The number of carbonyl (C=O) groups is 2. The molecule has 1 aliphatic carbocycles. The maximum atomic E-state index is 12.5.